The number of aromatic nitrogens is 4. The summed E-state index contributed by atoms with van der Waals surface area (Å²) in [6.07, 6.45) is 7.71. The number of nitrogens with zero attached hydrogens (tertiary/aromatic N) is 5. The van der Waals surface area contributed by atoms with Gasteiger partial charge in [-0.3, -0.25) is 0 Å². The maximum Gasteiger partial charge on any atom is 0.226 e. The molecular weight excluding hydrogens is 405 g/mol. The molecule has 1 saturated carbocycles. The van der Waals surface area contributed by atoms with E-state index in [1.54, 1.807) is 10.9 Å². The van der Waals surface area contributed by atoms with Crippen LogP contribution in [0.25, 0.3) is 11.0 Å². The van der Waals surface area contributed by atoms with Gasteiger partial charge in [-0.1, -0.05) is 12.8 Å². The lowest BCUT2D eigenvalue weighted by atomic mass is 10.2. The second-order valence-corrected chi connectivity index (χ2v) is 8.69. The zero-order chi connectivity index (χ0) is 19.7. The Balaban J connectivity index is 1.53. The predicted octanol–water partition coefficient (Wildman–Crippen LogP) is 2.81. The van der Waals surface area contributed by atoms with E-state index in [-0.39, 0.29) is 24.0 Å². The van der Waals surface area contributed by atoms with Crippen molar-refractivity contribution in [3.8, 4) is 0 Å². The van der Waals surface area contributed by atoms with E-state index in [0.717, 1.165) is 36.9 Å². The molecule has 2 unspecified atom stereocenters. The fourth-order valence-corrected chi connectivity index (χ4v) is 4.51. The minimum absolute atomic E-state index is 0.0652. The van der Waals surface area contributed by atoms with Gasteiger partial charge >= 0.3 is 0 Å². The molecule has 0 spiro atoms. The van der Waals surface area contributed by atoms with Gasteiger partial charge in [0.2, 0.25) is 5.28 Å². The maximum absolute atomic E-state index is 8.93. The van der Waals surface area contributed by atoms with Crippen LogP contribution in [0.3, 0.4) is 0 Å². The van der Waals surface area contributed by atoms with Crippen molar-refractivity contribution in [2.24, 2.45) is 0 Å². The molecule has 2 N–H and O–H groups in total. The fourth-order valence-electron chi connectivity index (χ4n) is 4.08. The average Bonchev–Trinajstić information content (AvgIpc) is 3.40. The molecule has 1 aliphatic carbocycles. The number of halogens is 1. The molecule has 1 aliphatic heterocycles. The molecule has 2 aliphatic rings. The predicted molar refractivity (Wildman–Crippen MR) is 106 cm³/mol. The van der Waals surface area contributed by atoms with Crippen molar-refractivity contribution in [3.05, 3.63) is 11.5 Å². The van der Waals surface area contributed by atoms with Gasteiger partial charge in [-0.2, -0.15) is 15.1 Å². The standard InChI is InChI=1S/C17H25ClN5O4P/c1-22(11-4-2-3-5-11)15-13-8-19-23(16(13)21-17(18)20-15)14-7-6-12(27-14)9-26-10-28(24)25/h8,11-12,14,24-25H,2-7,9-10H2,1H3. The number of hydrogen-bond acceptors (Lipinski definition) is 8. The van der Waals surface area contributed by atoms with Gasteiger partial charge in [0.05, 0.1) is 24.3 Å². The molecule has 0 bridgehead atoms. The van der Waals surface area contributed by atoms with Crippen LogP contribution in [0.2, 0.25) is 5.28 Å². The highest BCUT2D eigenvalue weighted by atomic mass is 35.5. The van der Waals surface area contributed by atoms with E-state index in [1.165, 1.54) is 12.8 Å². The first-order valence-electron chi connectivity index (χ1n) is 9.55. The summed E-state index contributed by atoms with van der Waals surface area (Å²) in [5.74, 6) is 0.810. The van der Waals surface area contributed by atoms with E-state index in [2.05, 4.69) is 27.0 Å². The van der Waals surface area contributed by atoms with E-state index in [9.17, 15) is 0 Å². The van der Waals surface area contributed by atoms with Crippen LogP contribution in [0.5, 0.6) is 0 Å². The number of hydrogen-bond donors (Lipinski definition) is 2. The highest BCUT2D eigenvalue weighted by Crippen LogP contribution is 2.35. The highest BCUT2D eigenvalue weighted by Gasteiger charge is 2.30. The van der Waals surface area contributed by atoms with E-state index in [1.807, 2.05) is 0 Å². The van der Waals surface area contributed by atoms with Gasteiger partial charge in [0.15, 0.2) is 20.3 Å². The third-order valence-corrected chi connectivity index (χ3v) is 6.06. The molecule has 2 atom stereocenters. The summed E-state index contributed by atoms with van der Waals surface area (Å²) in [6, 6.07) is 0.463. The summed E-state index contributed by atoms with van der Waals surface area (Å²) in [5.41, 5.74) is 0.667. The first-order chi connectivity index (χ1) is 13.5. The summed E-state index contributed by atoms with van der Waals surface area (Å²) < 4.78 is 13.1. The molecule has 0 aromatic carbocycles. The van der Waals surface area contributed by atoms with Crippen LogP contribution in [-0.2, 0) is 9.47 Å². The summed E-state index contributed by atoms with van der Waals surface area (Å²) in [6.45, 7) is 0.320. The van der Waals surface area contributed by atoms with Gasteiger partial charge in [-0.15, -0.1) is 0 Å². The lowest BCUT2D eigenvalue weighted by Gasteiger charge is -2.25. The summed E-state index contributed by atoms with van der Waals surface area (Å²) in [7, 11) is 0.0166. The Hall–Kier alpha value is -1.09. The Bertz CT molecular complexity index is 816. The minimum Gasteiger partial charge on any atom is -0.369 e. The molecule has 0 radical (unpaired) electrons. The number of fused-ring (bicyclic) bond motifs is 1. The zero-order valence-corrected chi connectivity index (χ0v) is 17.4. The van der Waals surface area contributed by atoms with Crippen molar-refractivity contribution in [2.75, 3.05) is 24.9 Å². The van der Waals surface area contributed by atoms with Crippen molar-refractivity contribution >= 4 is 36.8 Å². The highest BCUT2D eigenvalue weighted by molar-refractivity contribution is 7.44. The molecule has 9 nitrogen and oxygen atoms in total. The average molecular weight is 430 g/mol. The Morgan fingerprint density at radius 1 is 1.29 bits per heavy atom. The van der Waals surface area contributed by atoms with Crippen LogP contribution >= 0.6 is 20.0 Å². The third kappa shape index (κ3) is 4.25. The van der Waals surface area contributed by atoms with E-state index in [0.29, 0.717) is 18.3 Å². The van der Waals surface area contributed by atoms with Crippen molar-refractivity contribution < 1.29 is 19.3 Å². The topological polar surface area (TPSA) is 106 Å². The van der Waals surface area contributed by atoms with Crippen molar-refractivity contribution in [1.82, 2.24) is 19.7 Å². The van der Waals surface area contributed by atoms with Gasteiger partial charge < -0.3 is 24.2 Å². The lowest BCUT2D eigenvalue weighted by molar-refractivity contribution is -0.0384. The molecule has 2 aromatic rings. The van der Waals surface area contributed by atoms with Gasteiger partial charge in [0.1, 0.15) is 12.2 Å². The smallest absolute Gasteiger partial charge is 0.226 e. The summed E-state index contributed by atoms with van der Waals surface area (Å²) in [4.78, 5) is 29.0. The van der Waals surface area contributed by atoms with Crippen molar-refractivity contribution in [1.29, 1.82) is 0 Å². The van der Waals surface area contributed by atoms with Crippen LogP contribution in [-0.4, -0.2) is 61.7 Å². The van der Waals surface area contributed by atoms with E-state index >= 15 is 0 Å². The van der Waals surface area contributed by atoms with Gasteiger partial charge in [-0.25, -0.2) is 4.68 Å². The first-order valence-corrected chi connectivity index (χ1v) is 11.4. The summed E-state index contributed by atoms with van der Waals surface area (Å²) in [5, 5.41) is 5.59. The summed E-state index contributed by atoms with van der Waals surface area (Å²) >= 11 is 6.24. The maximum atomic E-state index is 8.93. The second kappa shape index (κ2) is 8.73. The molecule has 0 amide bonds. The van der Waals surface area contributed by atoms with E-state index in [4.69, 9.17) is 30.9 Å². The third-order valence-electron chi connectivity index (χ3n) is 5.48. The monoisotopic (exact) mass is 429 g/mol. The van der Waals surface area contributed by atoms with Crippen molar-refractivity contribution in [2.45, 2.75) is 56.9 Å². The number of rotatable bonds is 7. The van der Waals surface area contributed by atoms with Crippen LogP contribution in [0.4, 0.5) is 5.82 Å². The molecule has 3 heterocycles. The van der Waals surface area contributed by atoms with Crippen LogP contribution in [0.15, 0.2) is 6.20 Å². The number of anilines is 1. The lowest BCUT2D eigenvalue weighted by Crippen LogP contribution is -2.29. The molecule has 28 heavy (non-hydrogen) atoms. The number of ether oxygens (including phenoxy) is 2. The van der Waals surface area contributed by atoms with Crippen LogP contribution < -0.4 is 4.90 Å². The van der Waals surface area contributed by atoms with Crippen LogP contribution in [0, 0.1) is 0 Å². The second-order valence-electron chi connectivity index (χ2n) is 7.35. The zero-order valence-electron chi connectivity index (χ0n) is 15.7. The normalized spacial score (nSPS) is 23.3. The Morgan fingerprint density at radius 2 is 2.07 bits per heavy atom. The van der Waals surface area contributed by atoms with Gasteiger partial charge in [0.25, 0.3) is 0 Å². The fraction of sp³-hybridized carbons (Fsp3) is 0.706. The first kappa shape index (κ1) is 20.2. The molecule has 154 valence electrons. The molecule has 2 aromatic heterocycles. The molecule has 4 rings (SSSR count). The minimum atomic E-state index is -2.04. The Labute approximate surface area is 169 Å². The van der Waals surface area contributed by atoms with E-state index < -0.39 is 8.38 Å². The SMILES string of the molecule is CN(c1nc(Cl)nc2c1cnn2C1CCC(COCP(O)O)O1)C1CCCC1. The van der Waals surface area contributed by atoms with Crippen molar-refractivity contribution in [3.63, 3.8) is 0 Å². The molecule has 2 fully saturated rings. The largest absolute Gasteiger partial charge is 0.369 e. The van der Waals surface area contributed by atoms with Gasteiger partial charge in [-0.05, 0) is 37.3 Å². The van der Waals surface area contributed by atoms with Gasteiger partial charge in [0, 0.05) is 13.1 Å². The quantitative estimate of drug-likeness (QED) is 0.511. The molecule has 1 saturated heterocycles. The molecule has 11 heteroatoms. The van der Waals surface area contributed by atoms with Crippen LogP contribution in [0.1, 0.15) is 44.8 Å². The Kier molecular flexibility index (Phi) is 6.30. The Morgan fingerprint density at radius 3 is 2.82 bits per heavy atom. The molecular formula is C17H25ClN5O4P.